The van der Waals surface area contributed by atoms with Crippen molar-refractivity contribution in [1.82, 2.24) is 25.7 Å². The molecular weight excluding hydrogens is 669 g/mol. The Kier molecular flexibility index (Phi) is 9.73. The Morgan fingerprint density at radius 3 is 2.65 bits per heavy atom. The van der Waals surface area contributed by atoms with Crippen LogP contribution in [0.25, 0.3) is 11.1 Å². The summed E-state index contributed by atoms with van der Waals surface area (Å²) in [6.07, 6.45) is 8.26. The molecular formula is C38H44N6O6S. The molecule has 13 heteroatoms. The van der Waals surface area contributed by atoms with E-state index in [2.05, 4.69) is 47.9 Å². The number of thiazole rings is 1. The Morgan fingerprint density at radius 2 is 1.86 bits per heavy atom. The monoisotopic (exact) mass is 712 g/mol. The molecule has 1 saturated carbocycles. The maximum Gasteiger partial charge on any atom is 0.394 e. The third kappa shape index (κ3) is 7.73. The smallest absolute Gasteiger partial charge is 0.394 e. The number of ether oxygens (including phenoxy) is 1. The highest BCUT2D eigenvalue weighted by molar-refractivity contribution is 7.13. The van der Waals surface area contributed by atoms with Gasteiger partial charge in [0.15, 0.2) is 16.5 Å². The van der Waals surface area contributed by atoms with Crippen LogP contribution in [0.2, 0.25) is 0 Å². The molecule has 2 fully saturated rings. The Balaban J connectivity index is 1.16. The minimum Gasteiger partial charge on any atom is -0.445 e. The highest BCUT2D eigenvalue weighted by Gasteiger charge is 2.61. The number of benzene rings is 2. The van der Waals surface area contributed by atoms with E-state index in [1.54, 1.807) is 35.2 Å². The predicted molar refractivity (Wildman–Crippen MR) is 193 cm³/mol. The van der Waals surface area contributed by atoms with Gasteiger partial charge < -0.3 is 29.5 Å². The molecule has 0 unspecified atom stereocenters. The number of hydrogen-bond acceptors (Lipinski definition) is 10. The third-order valence-corrected chi connectivity index (χ3v) is 10.5. The van der Waals surface area contributed by atoms with E-state index in [9.17, 15) is 14.4 Å². The summed E-state index contributed by atoms with van der Waals surface area (Å²) in [6, 6.07) is 14.7. The fourth-order valence-corrected chi connectivity index (χ4v) is 7.72. The number of hydroxylamine groups is 1. The number of oxazole rings is 1. The number of aromatic nitrogens is 2. The minimum absolute atomic E-state index is 0.0743. The number of para-hydroxylation sites is 3. The van der Waals surface area contributed by atoms with Crippen molar-refractivity contribution in [2.24, 2.45) is 5.92 Å². The van der Waals surface area contributed by atoms with Gasteiger partial charge in [-0.15, -0.1) is 11.3 Å². The second-order valence-corrected chi connectivity index (χ2v) is 15.5. The lowest BCUT2D eigenvalue weighted by Crippen LogP contribution is -2.57. The summed E-state index contributed by atoms with van der Waals surface area (Å²) in [5.41, 5.74) is 3.36. The zero-order valence-electron chi connectivity index (χ0n) is 29.1. The van der Waals surface area contributed by atoms with Crippen LogP contribution >= 0.6 is 11.3 Å². The van der Waals surface area contributed by atoms with E-state index < -0.39 is 35.5 Å². The standard InChI is InChI=1S/C38H44N6O6S/c1-37(2,3)31-23-51-35(41-31)39-28-18-11-6-4-5-8-14-24-21-38(24,34(47)43-50-25-15-9-7-10-16-25)42-32(45)29-20-26(22-44(29)33(28)46)48-36-40-27-17-12-13-19-30(27)49-36/h7-10,12-17,19,23-24,26,28-29H,4-6,11,18,20-22H2,1-3H3,(H,39,41)(H,42,45)(H,43,47)/b14-8-/t24-,26-,28+,29+,38-/m1/s1. The average Bonchev–Trinajstić information content (AvgIpc) is 3.49. The van der Waals surface area contributed by atoms with Crippen molar-refractivity contribution in [3.8, 4) is 11.8 Å². The summed E-state index contributed by atoms with van der Waals surface area (Å²) >= 11 is 1.47. The minimum atomic E-state index is -1.22. The first-order valence-electron chi connectivity index (χ1n) is 17.7. The molecule has 0 bridgehead atoms. The van der Waals surface area contributed by atoms with Gasteiger partial charge in [-0.1, -0.05) is 76.1 Å². The summed E-state index contributed by atoms with van der Waals surface area (Å²) in [7, 11) is 0. The average molecular weight is 713 g/mol. The number of nitrogens with one attached hydrogen (secondary N) is 3. The van der Waals surface area contributed by atoms with Crippen LogP contribution in [0.15, 0.2) is 76.5 Å². The molecule has 1 saturated heterocycles. The molecule has 2 aromatic carbocycles. The topological polar surface area (TPSA) is 148 Å². The summed E-state index contributed by atoms with van der Waals surface area (Å²) in [6.45, 7) is 6.44. The van der Waals surface area contributed by atoms with Crippen molar-refractivity contribution in [2.45, 2.75) is 94.9 Å². The highest BCUT2D eigenvalue weighted by Crippen LogP contribution is 2.45. The van der Waals surface area contributed by atoms with Crippen LogP contribution in [0, 0.1) is 5.92 Å². The lowest BCUT2D eigenvalue weighted by molar-refractivity contribution is -0.141. The number of anilines is 1. The largest absolute Gasteiger partial charge is 0.445 e. The number of fused-ring (bicyclic) bond motifs is 3. The van der Waals surface area contributed by atoms with E-state index in [0.29, 0.717) is 34.8 Å². The zero-order valence-corrected chi connectivity index (χ0v) is 29.9. The van der Waals surface area contributed by atoms with Crippen LogP contribution in [-0.4, -0.2) is 62.9 Å². The van der Waals surface area contributed by atoms with E-state index in [-0.39, 0.29) is 36.3 Å². The molecule has 51 heavy (non-hydrogen) atoms. The lowest BCUT2D eigenvalue weighted by Gasteiger charge is -2.29. The Labute approximate surface area is 300 Å². The second kappa shape index (κ2) is 14.4. The first-order valence-corrected chi connectivity index (χ1v) is 18.5. The molecule has 0 radical (unpaired) electrons. The van der Waals surface area contributed by atoms with E-state index in [1.807, 2.05) is 35.7 Å². The summed E-state index contributed by atoms with van der Waals surface area (Å²) in [5.74, 6) is -0.863. The Hall–Kier alpha value is -4.91. The van der Waals surface area contributed by atoms with Gasteiger partial charge in [0.1, 0.15) is 29.2 Å². The van der Waals surface area contributed by atoms with Crippen molar-refractivity contribution < 1.29 is 28.4 Å². The van der Waals surface area contributed by atoms with Gasteiger partial charge >= 0.3 is 6.08 Å². The van der Waals surface area contributed by atoms with Crippen LogP contribution in [0.4, 0.5) is 5.13 Å². The van der Waals surface area contributed by atoms with Gasteiger partial charge in [0.25, 0.3) is 5.91 Å². The van der Waals surface area contributed by atoms with Gasteiger partial charge in [0.05, 0.1) is 12.2 Å². The third-order valence-electron chi connectivity index (χ3n) is 9.76. The van der Waals surface area contributed by atoms with Gasteiger partial charge in [-0.2, -0.15) is 10.5 Å². The van der Waals surface area contributed by atoms with E-state index in [4.69, 9.17) is 19.0 Å². The molecule has 268 valence electrons. The van der Waals surface area contributed by atoms with Crippen molar-refractivity contribution in [3.63, 3.8) is 0 Å². The molecule has 2 aromatic heterocycles. The first-order chi connectivity index (χ1) is 24.6. The Bertz CT molecular complexity index is 1870. The molecule has 3 amide bonds. The van der Waals surface area contributed by atoms with Crippen molar-refractivity contribution in [2.75, 3.05) is 11.9 Å². The maximum atomic E-state index is 14.6. The Morgan fingerprint density at radius 1 is 1.06 bits per heavy atom. The van der Waals surface area contributed by atoms with Crippen molar-refractivity contribution in [1.29, 1.82) is 0 Å². The fourth-order valence-electron chi connectivity index (χ4n) is 6.73. The molecule has 3 N–H and O–H groups in total. The molecule has 2 aliphatic heterocycles. The van der Waals surface area contributed by atoms with Gasteiger partial charge in [-0.05, 0) is 49.9 Å². The molecule has 0 spiro atoms. The number of allylic oxidation sites excluding steroid dienone is 1. The van der Waals surface area contributed by atoms with E-state index >= 15 is 0 Å². The van der Waals surface area contributed by atoms with Crippen LogP contribution < -0.4 is 25.7 Å². The van der Waals surface area contributed by atoms with Gasteiger partial charge in [-0.25, -0.2) is 4.98 Å². The molecule has 7 rings (SSSR count). The van der Waals surface area contributed by atoms with Crippen LogP contribution in [0.5, 0.6) is 11.8 Å². The number of hydrogen-bond donors (Lipinski definition) is 3. The number of amides is 3. The first kappa shape index (κ1) is 34.5. The molecule has 12 nitrogen and oxygen atoms in total. The van der Waals surface area contributed by atoms with Gasteiger partial charge in [-0.3, -0.25) is 14.4 Å². The predicted octanol–water partition coefficient (Wildman–Crippen LogP) is 5.92. The molecule has 5 atom stereocenters. The highest BCUT2D eigenvalue weighted by atomic mass is 32.1. The fraction of sp³-hybridized carbons (Fsp3) is 0.447. The summed E-state index contributed by atoms with van der Waals surface area (Å²) in [5, 5.41) is 9.15. The maximum absolute atomic E-state index is 14.6. The van der Waals surface area contributed by atoms with E-state index in [0.717, 1.165) is 31.4 Å². The van der Waals surface area contributed by atoms with Crippen molar-refractivity contribution >= 4 is 45.3 Å². The zero-order chi connectivity index (χ0) is 35.6. The van der Waals surface area contributed by atoms with Crippen molar-refractivity contribution in [3.05, 3.63) is 77.8 Å². The van der Waals surface area contributed by atoms with Crippen LogP contribution in [0.1, 0.15) is 71.4 Å². The molecule has 1 aliphatic carbocycles. The number of nitrogens with zero attached hydrogens (tertiary/aromatic N) is 3. The summed E-state index contributed by atoms with van der Waals surface area (Å²) < 4.78 is 12.0. The normalized spacial score (nSPS) is 26.2. The SMILES string of the molecule is CC(C)(C)c1csc(N[C@H]2CCCCC/C=C\[C@@H]3C[C@@]3(C(=O)NOc3ccccc3)NC(=O)[C@@H]3C[C@@H](Oc4nc5ccccc5o4)CN3C2=O)n1. The quantitative estimate of drug-likeness (QED) is 0.157. The van der Waals surface area contributed by atoms with E-state index in [1.165, 1.54) is 11.3 Å². The molecule has 4 heterocycles. The number of carbonyl (C=O) groups is 3. The van der Waals surface area contributed by atoms with Crippen LogP contribution in [-0.2, 0) is 19.8 Å². The van der Waals surface area contributed by atoms with Gasteiger partial charge in [0.2, 0.25) is 11.8 Å². The summed E-state index contributed by atoms with van der Waals surface area (Å²) in [4.78, 5) is 59.1. The number of rotatable bonds is 7. The number of carbonyl (C=O) groups excluding carboxylic acids is 3. The molecule has 4 aromatic rings. The molecule has 3 aliphatic rings. The van der Waals surface area contributed by atoms with Crippen LogP contribution in [0.3, 0.4) is 0 Å². The van der Waals surface area contributed by atoms with Gasteiger partial charge in [0, 0.05) is 23.1 Å². The second-order valence-electron chi connectivity index (χ2n) is 14.6. The lowest BCUT2D eigenvalue weighted by atomic mass is 9.93.